The fraction of sp³-hybridized carbons (Fsp3) is 0.281. The molecule has 0 aliphatic carbocycles. The summed E-state index contributed by atoms with van der Waals surface area (Å²) >= 11 is 0. The van der Waals surface area contributed by atoms with Gasteiger partial charge in [-0.3, -0.25) is 9.59 Å². The van der Waals surface area contributed by atoms with Crippen molar-refractivity contribution in [2.45, 2.75) is 39.5 Å². The summed E-state index contributed by atoms with van der Waals surface area (Å²) in [6, 6.07) is 25.9. The molecule has 5 heteroatoms. The minimum atomic E-state index is -0.0287. The molecule has 0 N–H and O–H groups in total. The van der Waals surface area contributed by atoms with E-state index >= 15 is 0 Å². The monoisotopic (exact) mass is 492 g/mol. The van der Waals surface area contributed by atoms with Crippen molar-refractivity contribution in [2.24, 2.45) is 5.92 Å². The first-order valence-electron chi connectivity index (χ1n) is 13.0. The molecule has 2 heterocycles. The number of ketones is 1. The number of rotatable bonds is 7. The normalized spacial score (nSPS) is 14.1. The minimum Gasteiger partial charge on any atom is -0.440 e. The molecule has 37 heavy (non-hydrogen) atoms. The van der Waals surface area contributed by atoms with Gasteiger partial charge in [-0.15, -0.1) is 0 Å². The van der Waals surface area contributed by atoms with Crippen LogP contribution in [0.3, 0.4) is 0 Å². The van der Waals surface area contributed by atoms with Crippen LogP contribution in [0.25, 0.3) is 22.6 Å². The van der Waals surface area contributed by atoms with E-state index in [4.69, 9.17) is 9.40 Å². The Bertz CT molecular complexity index is 1330. The number of hydrogen-bond donors (Lipinski definition) is 0. The topological polar surface area (TPSA) is 63.4 Å². The maximum atomic E-state index is 13.1. The Morgan fingerprint density at radius 1 is 0.892 bits per heavy atom. The molecule has 1 aliphatic rings. The van der Waals surface area contributed by atoms with Crippen molar-refractivity contribution in [1.82, 2.24) is 9.88 Å². The van der Waals surface area contributed by atoms with Gasteiger partial charge >= 0.3 is 0 Å². The van der Waals surface area contributed by atoms with E-state index in [0.717, 1.165) is 39.3 Å². The Hall–Kier alpha value is -3.99. The number of hydrogen-bond acceptors (Lipinski definition) is 4. The third-order valence-corrected chi connectivity index (χ3v) is 7.17. The maximum absolute atomic E-state index is 13.1. The van der Waals surface area contributed by atoms with Crippen molar-refractivity contribution >= 4 is 11.7 Å². The zero-order chi connectivity index (χ0) is 25.8. The Kier molecular flexibility index (Phi) is 7.31. The lowest BCUT2D eigenvalue weighted by Gasteiger charge is -2.31. The number of amides is 1. The van der Waals surface area contributed by atoms with E-state index in [1.807, 2.05) is 91.5 Å². The number of piperidine rings is 1. The molecule has 1 amide bonds. The molecule has 1 fully saturated rings. The molecule has 3 aromatic carbocycles. The summed E-state index contributed by atoms with van der Waals surface area (Å²) < 4.78 is 6.18. The standard InChI is InChI=1S/C32H32N2O3/c1-22-13-14-27(23(2)21-22)31(36)25-17-19-34(20-18-25)29(35)16-15-28-33-30(24-9-5-3-6-10-24)32(37-28)26-11-7-4-8-12-26/h3-14,21,25H,15-20H2,1-2H3. The zero-order valence-electron chi connectivity index (χ0n) is 21.4. The molecule has 1 aliphatic heterocycles. The van der Waals surface area contributed by atoms with Crippen molar-refractivity contribution in [3.8, 4) is 22.6 Å². The first kappa shape index (κ1) is 24.7. The van der Waals surface area contributed by atoms with Crippen LogP contribution in [0.1, 0.15) is 46.6 Å². The average molecular weight is 493 g/mol. The van der Waals surface area contributed by atoms with Gasteiger partial charge in [0.15, 0.2) is 17.4 Å². The number of carbonyl (C=O) groups is 2. The van der Waals surface area contributed by atoms with E-state index in [-0.39, 0.29) is 17.6 Å². The first-order valence-corrected chi connectivity index (χ1v) is 13.0. The van der Waals surface area contributed by atoms with E-state index in [9.17, 15) is 9.59 Å². The highest BCUT2D eigenvalue weighted by molar-refractivity contribution is 5.99. The highest BCUT2D eigenvalue weighted by Gasteiger charge is 2.29. The highest BCUT2D eigenvalue weighted by Crippen LogP contribution is 2.33. The van der Waals surface area contributed by atoms with Crippen LogP contribution < -0.4 is 0 Å². The molecule has 0 unspecified atom stereocenters. The highest BCUT2D eigenvalue weighted by atomic mass is 16.4. The number of likely N-dealkylation sites (tertiary alicyclic amines) is 1. The van der Waals surface area contributed by atoms with E-state index in [0.29, 0.717) is 44.7 Å². The van der Waals surface area contributed by atoms with Gasteiger partial charge in [0.2, 0.25) is 5.91 Å². The molecule has 0 radical (unpaired) electrons. The number of carbonyl (C=O) groups excluding carboxylic acids is 2. The second kappa shape index (κ2) is 11.0. The summed E-state index contributed by atoms with van der Waals surface area (Å²) in [5.74, 6) is 1.54. The second-order valence-corrected chi connectivity index (χ2v) is 9.86. The Balaban J connectivity index is 1.22. The van der Waals surface area contributed by atoms with Crippen LogP contribution in [0.5, 0.6) is 0 Å². The van der Waals surface area contributed by atoms with Crippen molar-refractivity contribution in [1.29, 1.82) is 0 Å². The van der Waals surface area contributed by atoms with Gasteiger partial charge < -0.3 is 9.32 Å². The fourth-order valence-electron chi connectivity index (χ4n) is 5.12. The van der Waals surface area contributed by atoms with Crippen molar-refractivity contribution in [2.75, 3.05) is 13.1 Å². The number of aromatic nitrogens is 1. The molecular formula is C32H32N2O3. The van der Waals surface area contributed by atoms with Crippen LogP contribution in [-0.4, -0.2) is 34.7 Å². The third-order valence-electron chi connectivity index (χ3n) is 7.17. The van der Waals surface area contributed by atoms with Crippen molar-refractivity contribution in [3.05, 3.63) is 101 Å². The number of oxazole rings is 1. The van der Waals surface area contributed by atoms with E-state index in [2.05, 4.69) is 6.07 Å². The summed E-state index contributed by atoms with van der Waals surface area (Å²) in [4.78, 5) is 32.7. The number of Topliss-reactive ketones (excluding diaryl/α,β-unsaturated/α-hetero) is 1. The molecule has 188 valence electrons. The van der Waals surface area contributed by atoms with Crippen LogP contribution in [-0.2, 0) is 11.2 Å². The molecule has 5 nitrogen and oxygen atoms in total. The molecule has 0 bridgehead atoms. The van der Waals surface area contributed by atoms with Crippen molar-refractivity contribution < 1.29 is 14.0 Å². The van der Waals surface area contributed by atoms with Gasteiger partial charge in [-0.2, -0.15) is 0 Å². The second-order valence-electron chi connectivity index (χ2n) is 9.86. The van der Waals surface area contributed by atoms with Crippen molar-refractivity contribution in [3.63, 3.8) is 0 Å². The Morgan fingerprint density at radius 3 is 2.19 bits per heavy atom. The predicted octanol–water partition coefficient (Wildman–Crippen LogP) is 6.68. The number of aryl methyl sites for hydroxylation is 3. The van der Waals surface area contributed by atoms with E-state index in [1.54, 1.807) is 0 Å². The Morgan fingerprint density at radius 2 is 1.54 bits per heavy atom. The molecule has 1 aromatic heterocycles. The molecule has 0 saturated carbocycles. The summed E-state index contributed by atoms with van der Waals surface area (Å²) in [5.41, 5.74) is 5.73. The molecular weight excluding hydrogens is 460 g/mol. The molecule has 4 aromatic rings. The van der Waals surface area contributed by atoms with Crippen LogP contribution in [0.4, 0.5) is 0 Å². The molecule has 0 spiro atoms. The van der Waals surface area contributed by atoms with Gasteiger partial charge in [-0.1, -0.05) is 84.4 Å². The first-order chi connectivity index (χ1) is 18.0. The SMILES string of the molecule is Cc1ccc(C(=O)C2CCN(C(=O)CCc3nc(-c4ccccc4)c(-c4ccccc4)o3)CC2)c(C)c1. The van der Waals surface area contributed by atoms with Gasteiger partial charge in [0.1, 0.15) is 5.69 Å². The summed E-state index contributed by atoms with van der Waals surface area (Å²) in [7, 11) is 0. The van der Waals surface area contributed by atoms with Crippen LogP contribution in [0.2, 0.25) is 0 Å². The van der Waals surface area contributed by atoms with E-state index < -0.39 is 0 Å². The average Bonchev–Trinajstić information content (AvgIpc) is 3.37. The van der Waals surface area contributed by atoms with Gasteiger partial charge in [-0.25, -0.2) is 4.98 Å². The predicted molar refractivity (Wildman–Crippen MR) is 145 cm³/mol. The molecule has 5 rings (SSSR count). The van der Waals surface area contributed by atoms with Crippen LogP contribution in [0, 0.1) is 19.8 Å². The smallest absolute Gasteiger partial charge is 0.223 e. The van der Waals surface area contributed by atoms with Crippen LogP contribution >= 0.6 is 0 Å². The lowest BCUT2D eigenvalue weighted by atomic mass is 9.87. The third kappa shape index (κ3) is 5.56. The zero-order valence-corrected chi connectivity index (χ0v) is 21.4. The van der Waals surface area contributed by atoms with Gasteiger partial charge in [0.05, 0.1) is 0 Å². The maximum Gasteiger partial charge on any atom is 0.223 e. The number of nitrogens with zero attached hydrogens (tertiary/aromatic N) is 2. The quantitative estimate of drug-likeness (QED) is 0.270. The summed E-state index contributed by atoms with van der Waals surface area (Å²) in [6.07, 6.45) is 2.17. The lowest BCUT2D eigenvalue weighted by Crippen LogP contribution is -2.40. The summed E-state index contributed by atoms with van der Waals surface area (Å²) in [6.45, 7) is 5.25. The summed E-state index contributed by atoms with van der Waals surface area (Å²) in [5, 5.41) is 0. The number of benzene rings is 3. The van der Waals surface area contributed by atoms with Gasteiger partial charge in [0.25, 0.3) is 0 Å². The van der Waals surface area contributed by atoms with Crippen LogP contribution in [0.15, 0.2) is 83.3 Å². The van der Waals surface area contributed by atoms with Gasteiger partial charge in [-0.05, 0) is 32.3 Å². The largest absolute Gasteiger partial charge is 0.440 e. The van der Waals surface area contributed by atoms with E-state index in [1.165, 1.54) is 0 Å². The molecule has 0 atom stereocenters. The fourth-order valence-corrected chi connectivity index (χ4v) is 5.12. The molecule has 1 saturated heterocycles. The Labute approximate surface area is 218 Å². The van der Waals surface area contributed by atoms with Gasteiger partial charge in [0, 0.05) is 48.5 Å². The lowest BCUT2D eigenvalue weighted by molar-refractivity contribution is -0.132. The minimum absolute atomic E-state index is 0.0287.